The Morgan fingerprint density at radius 2 is 1.92 bits per heavy atom. The SMILES string of the molecule is CCC(C)(F)C(=O)c1ccccc1. The van der Waals surface area contributed by atoms with E-state index in [9.17, 15) is 9.18 Å². The molecule has 1 nitrogen and oxygen atoms in total. The molecule has 1 rings (SSSR count). The zero-order chi connectivity index (χ0) is 9.90. The van der Waals surface area contributed by atoms with Crippen LogP contribution in [0.3, 0.4) is 0 Å². The first-order valence-electron chi connectivity index (χ1n) is 4.36. The summed E-state index contributed by atoms with van der Waals surface area (Å²) >= 11 is 0. The molecule has 0 saturated heterocycles. The van der Waals surface area contributed by atoms with Crippen LogP contribution in [0.5, 0.6) is 0 Å². The van der Waals surface area contributed by atoms with Crippen LogP contribution in [0.4, 0.5) is 4.39 Å². The number of alkyl halides is 1. The first kappa shape index (κ1) is 9.90. The van der Waals surface area contributed by atoms with Crippen molar-refractivity contribution in [2.75, 3.05) is 0 Å². The second kappa shape index (κ2) is 3.69. The first-order valence-corrected chi connectivity index (χ1v) is 4.36. The van der Waals surface area contributed by atoms with Gasteiger partial charge in [-0.3, -0.25) is 4.79 Å². The Morgan fingerprint density at radius 3 is 2.38 bits per heavy atom. The fourth-order valence-corrected chi connectivity index (χ4v) is 1.05. The Kier molecular flexibility index (Phi) is 2.81. The number of benzene rings is 1. The zero-order valence-electron chi connectivity index (χ0n) is 7.88. The molecular weight excluding hydrogens is 167 g/mol. The molecule has 0 spiro atoms. The summed E-state index contributed by atoms with van der Waals surface area (Å²) in [6.45, 7) is 2.99. The number of ketones is 1. The maximum absolute atomic E-state index is 13.5. The minimum absolute atomic E-state index is 0.209. The molecule has 0 aliphatic carbocycles. The third-order valence-electron chi connectivity index (χ3n) is 2.17. The van der Waals surface area contributed by atoms with Crippen molar-refractivity contribution in [1.29, 1.82) is 0 Å². The van der Waals surface area contributed by atoms with Crippen molar-refractivity contribution in [2.24, 2.45) is 0 Å². The lowest BCUT2D eigenvalue weighted by atomic mass is 9.94. The molecule has 0 heterocycles. The fraction of sp³-hybridized carbons (Fsp3) is 0.364. The molecular formula is C11H13FO. The van der Waals surface area contributed by atoms with Crippen LogP contribution in [0.2, 0.25) is 0 Å². The van der Waals surface area contributed by atoms with Crippen LogP contribution in [0, 0.1) is 0 Å². The molecule has 1 aromatic rings. The molecule has 70 valence electrons. The number of carbonyl (C=O) groups is 1. The van der Waals surface area contributed by atoms with E-state index in [4.69, 9.17) is 0 Å². The average Bonchev–Trinajstić information content (AvgIpc) is 2.18. The maximum atomic E-state index is 13.5. The van der Waals surface area contributed by atoms with Crippen molar-refractivity contribution in [3.8, 4) is 0 Å². The number of hydrogen-bond acceptors (Lipinski definition) is 1. The number of rotatable bonds is 3. The summed E-state index contributed by atoms with van der Waals surface area (Å²) in [6.07, 6.45) is 0.209. The molecule has 2 heteroatoms. The lowest BCUT2D eigenvalue weighted by Gasteiger charge is -2.16. The molecule has 0 aliphatic heterocycles. The molecule has 0 N–H and O–H groups in total. The number of hydrogen-bond donors (Lipinski definition) is 0. The molecule has 13 heavy (non-hydrogen) atoms. The summed E-state index contributed by atoms with van der Waals surface area (Å²) in [6, 6.07) is 8.54. The lowest BCUT2D eigenvalue weighted by molar-refractivity contribution is 0.0716. The summed E-state index contributed by atoms with van der Waals surface area (Å²) < 4.78 is 13.5. The van der Waals surface area contributed by atoms with Crippen molar-refractivity contribution in [1.82, 2.24) is 0 Å². The predicted octanol–water partition coefficient (Wildman–Crippen LogP) is 3.01. The van der Waals surface area contributed by atoms with Crippen LogP contribution in [0.15, 0.2) is 30.3 Å². The van der Waals surface area contributed by atoms with E-state index in [1.165, 1.54) is 6.92 Å². The van der Waals surface area contributed by atoms with Gasteiger partial charge in [-0.1, -0.05) is 37.3 Å². The predicted molar refractivity (Wildman–Crippen MR) is 50.6 cm³/mol. The largest absolute Gasteiger partial charge is 0.291 e. The van der Waals surface area contributed by atoms with Gasteiger partial charge in [-0.2, -0.15) is 0 Å². The van der Waals surface area contributed by atoms with Gasteiger partial charge in [0, 0.05) is 5.56 Å². The van der Waals surface area contributed by atoms with Gasteiger partial charge in [-0.05, 0) is 13.3 Å². The van der Waals surface area contributed by atoms with Crippen LogP contribution in [-0.4, -0.2) is 11.5 Å². The number of Topliss-reactive ketones (excluding diaryl/α,β-unsaturated/α-hetero) is 1. The fourth-order valence-electron chi connectivity index (χ4n) is 1.05. The maximum Gasteiger partial charge on any atom is 0.199 e. The third-order valence-corrected chi connectivity index (χ3v) is 2.17. The van der Waals surface area contributed by atoms with Gasteiger partial charge in [0.15, 0.2) is 11.5 Å². The molecule has 0 amide bonds. The van der Waals surface area contributed by atoms with Crippen LogP contribution in [0.25, 0.3) is 0 Å². The Balaban J connectivity index is 2.93. The van der Waals surface area contributed by atoms with E-state index in [1.807, 2.05) is 0 Å². The van der Waals surface area contributed by atoms with Gasteiger partial charge in [0.1, 0.15) is 0 Å². The minimum atomic E-state index is -1.73. The Morgan fingerprint density at radius 1 is 1.38 bits per heavy atom. The van der Waals surface area contributed by atoms with Crippen molar-refractivity contribution < 1.29 is 9.18 Å². The van der Waals surface area contributed by atoms with Gasteiger partial charge in [-0.25, -0.2) is 4.39 Å². The summed E-state index contributed by atoms with van der Waals surface area (Å²) in [5.74, 6) is -0.435. The highest BCUT2D eigenvalue weighted by Crippen LogP contribution is 2.20. The highest BCUT2D eigenvalue weighted by molar-refractivity contribution is 6.02. The van der Waals surface area contributed by atoms with Gasteiger partial charge in [-0.15, -0.1) is 0 Å². The molecule has 0 saturated carbocycles. The third kappa shape index (κ3) is 2.14. The van der Waals surface area contributed by atoms with E-state index in [-0.39, 0.29) is 6.42 Å². The molecule has 0 bridgehead atoms. The Bertz CT molecular complexity index is 290. The van der Waals surface area contributed by atoms with Crippen molar-refractivity contribution in [2.45, 2.75) is 25.9 Å². The average molecular weight is 180 g/mol. The molecule has 1 atom stereocenters. The van der Waals surface area contributed by atoms with Crippen LogP contribution >= 0.6 is 0 Å². The van der Waals surface area contributed by atoms with Gasteiger partial charge in [0.25, 0.3) is 0 Å². The van der Waals surface area contributed by atoms with Gasteiger partial charge in [0.2, 0.25) is 0 Å². The van der Waals surface area contributed by atoms with Crippen molar-refractivity contribution in [3.63, 3.8) is 0 Å². The molecule has 1 aromatic carbocycles. The first-order chi connectivity index (χ1) is 6.08. The highest BCUT2D eigenvalue weighted by Gasteiger charge is 2.31. The summed E-state index contributed by atoms with van der Waals surface area (Å²) in [5.41, 5.74) is -1.30. The highest BCUT2D eigenvalue weighted by atomic mass is 19.1. The van der Waals surface area contributed by atoms with Gasteiger partial charge >= 0.3 is 0 Å². The lowest BCUT2D eigenvalue weighted by Crippen LogP contribution is -2.29. The van der Waals surface area contributed by atoms with Crippen LogP contribution in [0.1, 0.15) is 30.6 Å². The van der Waals surface area contributed by atoms with Crippen LogP contribution in [-0.2, 0) is 0 Å². The molecule has 0 fully saturated rings. The van der Waals surface area contributed by atoms with E-state index in [0.717, 1.165) is 0 Å². The second-order valence-electron chi connectivity index (χ2n) is 3.25. The summed E-state index contributed by atoms with van der Waals surface area (Å²) in [5, 5.41) is 0. The summed E-state index contributed by atoms with van der Waals surface area (Å²) in [4.78, 5) is 11.5. The monoisotopic (exact) mass is 180 g/mol. The van der Waals surface area contributed by atoms with E-state index >= 15 is 0 Å². The minimum Gasteiger partial charge on any atom is -0.291 e. The van der Waals surface area contributed by atoms with Crippen LogP contribution < -0.4 is 0 Å². The molecule has 0 aromatic heterocycles. The molecule has 1 unspecified atom stereocenters. The number of carbonyl (C=O) groups excluding carboxylic acids is 1. The zero-order valence-corrected chi connectivity index (χ0v) is 7.88. The Hall–Kier alpha value is -1.18. The normalized spacial score (nSPS) is 15.0. The molecule has 0 aliphatic rings. The van der Waals surface area contributed by atoms with E-state index in [2.05, 4.69) is 0 Å². The quantitative estimate of drug-likeness (QED) is 0.653. The van der Waals surface area contributed by atoms with Crippen molar-refractivity contribution in [3.05, 3.63) is 35.9 Å². The second-order valence-corrected chi connectivity index (χ2v) is 3.25. The molecule has 0 radical (unpaired) electrons. The van der Waals surface area contributed by atoms with Gasteiger partial charge in [0.05, 0.1) is 0 Å². The number of halogens is 1. The topological polar surface area (TPSA) is 17.1 Å². The van der Waals surface area contributed by atoms with Gasteiger partial charge < -0.3 is 0 Å². The van der Waals surface area contributed by atoms with E-state index in [1.54, 1.807) is 37.3 Å². The summed E-state index contributed by atoms with van der Waals surface area (Å²) in [7, 11) is 0. The van der Waals surface area contributed by atoms with Crippen molar-refractivity contribution >= 4 is 5.78 Å². The Labute approximate surface area is 77.6 Å². The van der Waals surface area contributed by atoms with E-state index < -0.39 is 11.5 Å². The van der Waals surface area contributed by atoms with E-state index in [0.29, 0.717) is 5.56 Å². The smallest absolute Gasteiger partial charge is 0.199 e. The standard InChI is InChI=1S/C11H13FO/c1-3-11(2,12)10(13)9-7-5-4-6-8-9/h4-8H,3H2,1-2H3.